The number of carbonyl (C=O) groups excluding carboxylic acids is 2. The second-order valence-corrected chi connectivity index (χ2v) is 4.85. The molecule has 1 rings (SSSR count). The fourth-order valence-electron chi connectivity index (χ4n) is 1.15. The van der Waals surface area contributed by atoms with Gasteiger partial charge in [0.15, 0.2) is 0 Å². The van der Waals surface area contributed by atoms with Crippen LogP contribution in [0.5, 0.6) is 0 Å². The molecule has 1 heterocycles. The van der Waals surface area contributed by atoms with Crippen molar-refractivity contribution < 1.29 is 18.5 Å². The fraction of sp³-hybridized carbons (Fsp3) is 0.750. The molecule has 0 aliphatic carbocycles. The maximum Gasteiger partial charge on any atom is 0.327 e. The Bertz CT molecular complexity index is 250. The third-order valence-corrected chi connectivity index (χ3v) is 3.17. The van der Waals surface area contributed by atoms with Gasteiger partial charge in [0.2, 0.25) is 0 Å². The number of carbonyl (C=O) groups is 2. The molecule has 0 aromatic carbocycles. The predicted octanol–water partition coefficient (Wildman–Crippen LogP) is -0.860. The lowest BCUT2D eigenvalue weighted by Crippen LogP contribution is -2.44. The van der Waals surface area contributed by atoms with Gasteiger partial charge in [0.25, 0.3) is 0 Å². The molecule has 1 aliphatic heterocycles. The van der Waals surface area contributed by atoms with Gasteiger partial charge in [-0.15, -0.1) is 0 Å². The zero-order valence-electron chi connectivity index (χ0n) is 8.02. The average molecular weight is 219 g/mol. The van der Waals surface area contributed by atoms with E-state index in [1.54, 1.807) is 4.90 Å². The molecule has 1 fully saturated rings. The number of cyclic esters (lactones) is 2. The van der Waals surface area contributed by atoms with Crippen molar-refractivity contribution in [1.82, 2.24) is 4.90 Å². The molecule has 0 saturated carbocycles. The molecule has 14 heavy (non-hydrogen) atoms. The predicted molar refractivity (Wildman–Crippen MR) is 51.1 cm³/mol. The summed E-state index contributed by atoms with van der Waals surface area (Å²) in [6.45, 7) is 2.58. The van der Waals surface area contributed by atoms with Crippen LogP contribution >= 0.6 is 0 Å². The number of morpholine rings is 1. The molecule has 0 amide bonds. The summed E-state index contributed by atoms with van der Waals surface area (Å²) in [6, 6.07) is 0. The van der Waals surface area contributed by atoms with Crippen LogP contribution in [0.3, 0.4) is 0 Å². The van der Waals surface area contributed by atoms with E-state index in [9.17, 15) is 13.8 Å². The number of hydrogen-bond donors (Lipinski definition) is 0. The minimum absolute atomic E-state index is 0.118. The van der Waals surface area contributed by atoms with Gasteiger partial charge in [0, 0.05) is 28.9 Å². The van der Waals surface area contributed by atoms with Gasteiger partial charge in [0.1, 0.15) is 0 Å². The van der Waals surface area contributed by atoms with Crippen molar-refractivity contribution in [1.29, 1.82) is 0 Å². The Morgan fingerprint density at radius 3 is 2.43 bits per heavy atom. The van der Waals surface area contributed by atoms with Gasteiger partial charge in [-0.3, -0.25) is 18.7 Å². The second kappa shape index (κ2) is 5.21. The van der Waals surface area contributed by atoms with Crippen LogP contribution < -0.4 is 0 Å². The first-order chi connectivity index (χ1) is 6.61. The van der Waals surface area contributed by atoms with Crippen LogP contribution in [0.15, 0.2) is 0 Å². The maximum atomic E-state index is 11.1. The molecule has 80 valence electrons. The smallest absolute Gasteiger partial charge is 0.327 e. The van der Waals surface area contributed by atoms with Crippen LogP contribution in [0.25, 0.3) is 0 Å². The van der Waals surface area contributed by atoms with Crippen molar-refractivity contribution in [3.63, 3.8) is 0 Å². The highest BCUT2D eigenvalue weighted by molar-refractivity contribution is 7.84. The molecule has 0 bridgehead atoms. The Morgan fingerprint density at radius 2 is 1.93 bits per heavy atom. The summed E-state index contributed by atoms with van der Waals surface area (Å²) in [7, 11) is -0.856. The average Bonchev–Trinajstić information content (AvgIpc) is 2.12. The Morgan fingerprint density at radius 1 is 1.36 bits per heavy atom. The van der Waals surface area contributed by atoms with Crippen molar-refractivity contribution in [2.24, 2.45) is 0 Å². The largest absolute Gasteiger partial charge is 0.391 e. The number of hydrogen-bond acceptors (Lipinski definition) is 5. The van der Waals surface area contributed by atoms with E-state index in [0.29, 0.717) is 18.1 Å². The summed E-state index contributed by atoms with van der Waals surface area (Å²) in [4.78, 5) is 23.3. The highest BCUT2D eigenvalue weighted by Gasteiger charge is 2.24. The number of ether oxygens (including phenoxy) is 1. The number of rotatable bonds is 4. The lowest BCUT2D eigenvalue weighted by Gasteiger charge is -2.23. The van der Waals surface area contributed by atoms with E-state index in [2.05, 4.69) is 4.74 Å². The Hall–Kier alpha value is -0.750. The van der Waals surface area contributed by atoms with Gasteiger partial charge >= 0.3 is 11.9 Å². The van der Waals surface area contributed by atoms with Gasteiger partial charge in [0.05, 0.1) is 13.1 Å². The highest BCUT2D eigenvalue weighted by atomic mass is 32.2. The van der Waals surface area contributed by atoms with E-state index >= 15 is 0 Å². The lowest BCUT2D eigenvalue weighted by atomic mass is 10.4. The second-order valence-electron chi connectivity index (χ2n) is 2.99. The summed E-state index contributed by atoms with van der Waals surface area (Å²) in [5, 5.41) is 0. The summed E-state index contributed by atoms with van der Waals surface area (Å²) >= 11 is 0. The molecule has 1 atom stereocenters. The highest BCUT2D eigenvalue weighted by Crippen LogP contribution is 1.99. The normalized spacial score (nSPS) is 20.6. The summed E-state index contributed by atoms with van der Waals surface area (Å²) in [5.41, 5.74) is 0. The fourth-order valence-corrected chi connectivity index (χ4v) is 1.90. The van der Waals surface area contributed by atoms with Crippen LogP contribution in [0, 0.1) is 0 Å². The number of esters is 2. The molecule has 0 aromatic heterocycles. The van der Waals surface area contributed by atoms with Crippen LogP contribution in [-0.4, -0.2) is 52.2 Å². The van der Waals surface area contributed by atoms with E-state index in [1.165, 1.54) is 0 Å². The van der Waals surface area contributed by atoms with E-state index in [-0.39, 0.29) is 13.1 Å². The molecule has 6 heteroatoms. The molecule has 1 aliphatic rings. The van der Waals surface area contributed by atoms with E-state index in [1.807, 2.05) is 6.92 Å². The zero-order chi connectivity index (χ0) is 10.6. The summed E-state index contributed by atoms with van der Waals surface area (Å²) in [5.74, 6) is 0.0515. The summed E-state index contributed by atoms with van der Waals surface area (Å²) < 4.78 is 15.5. The Balaban J connectivity index is 2.33. The third kappa shape index (κ3) is 3.55. The number of nitrogens with zero attached hydrogens (tertiary/aromatic N) is 1. The minimum atomic E-state index is -0.856. The minimum Gasteiger partial charge on any atom is -0.391 e. The van der Waals surface area contributed by atoms with Crippen molar-refractivity contribution in [2.75, 3.05) is 31.1 Å². The van der Waals surface area contributed by atoms with Gasteiger partial charge in [-0.05, 0) is 0 Å². The molecular formula is C8H13NO4S. The molecule has 0 aromatic rings. The van der Waals surface area contributed by atoms with Crippen LogP contribution in [0.4, 0.5) is 0 Å². The van der Waals surface area contributed by atoms with Crippen molar-refractivity contribution in [3.8, 4) is 0 Å². The van der Waals surface area contributed by atoms with Crippen LogP contribution in [0.1, 0.15) is 6.92 Å². The molecule has 0 radical (unpaired) electrons. The molecular weight excluding hydrogens is 206 g/mol. The molecule has 1 unspecified atom stereocenters. The quantitative estimate of drug-likeness (QED) is 0.455. The topological polar surface area (TPSA) is 63.7 Å². The van der Waals surface area contributed by atoms with Crippen molar-refractivity contribution in [2.45, 2.75) is 6.92 Å². The molecule has 1 saturated heterocycles. The third-order valence-electron chi connectivity index (χ3n) is 1.89. The Kier molecular flexibility index (Phi) is 4.21. The van der Waals surface area contributed by atoms with Gasteiger partial charge in [-0.1, -0.05) is 6.92 Å². The first-order valence-corrected chi connectivity index (χ1v) is 5.91. The standard InChI is InChI=1S/C8H13NO4S/c1-2-14(12)4-3-9-5-7(10)13-8(11)6-9/h2-6H2,1H3. The molecule has 0 spiro atoms. The Labute approximate surface area is 84.9 Å². The van der Waals surface area contributed by atoms with Gasteiger partial charge in [-0.25, -0.2) is 0 Å². The monoisotopic (exact) mass is 219 g/mol. The first kappa shape index (κ1) is 11.3. The van der Waals surface area contributed by atoms with E-state index < -0.39 is 22.7 Å². The van der Waals surface area contributed by atoms with Gasteiger partial charge < -0.3 is 4.74 Å². The van der Waals surface area contributed by atoms with Crippen molar-refractivity contribution in [3.05, 3.63) is 0 Å². The zero-order valence-corrected chi connectivity index (χ0v) is 8.84. The maximum absolute atomic E-state index is 11.1. The lowest BCUT2D eigenvalue weighted by molar-refractivity contribution is -0.166. The van der Waals surface area contributed by atoms with E-state index in [0.717, 1.165) is 0 Å². The summed E-state index contributed by atoms with van der Waals surface area (Å²) in [6.07, 6.45) is 0. The van der Waals surface area contributed by atoms with E-state index in [4.69, 9.17) is 0 Å². The van der Waals surface area contributed by atoms with Crippen molar-refractivity contribution >= 4 is 22.7 Å². The SMILES string of the molecule is CCS(=O)CCN1CC(=O)OC(=O)C1. The van der Waals surface area contributed by atoms with Gasteiger partial charge in [-0.2, -0.15) is 0 Å². The van der Waals surface area contributed by atoms with Crippen LogP contribution in [0.2, 0.25) is 0 Å². The molecule has 0 N–H and O–H groups in total. The molecule has 5 nitrogen and oxygen atoms in total. The van der Waals surface area contributed by atoms with Crippen LogP contribution in [-0.2, 0) is 25.1 Å². The first-order valence-electron chi connectivity index (χ1n) is 4.42.